The molecule has 1 aliphatic rings. The van der Waals surface area contributed by atoms with Gasteiger partial charge in [0.15, 0.2) is 0 Å². The second kappa shape index (κ2) is 5.65. The number of aromatic nitrogens is 2. The standard InChI is InChI=1S/C13H23N3O/c1-16-9-12(8-15-16)7-14-10-13(11-17)5-3-2-4-6-13/h8-9,14,17H,2-7,10-11H2,1H3. The van der Waals surface area contributed by atoms with Crippen LogP contribution >= 0.6 is 0 Å². The van der Waals surface area contributed by atoms with E-state index < -0.39 is 0 Å². The lowest BCUT2D eigenvalue weighted by molar-refractivity contribution is 0.0810. The second-order valence-corrected chi connectivity index (χ2v) is 5.34. The molecule has 0 bridgehead atoms. The first-order chi connectivity index (χ1) is 8.24. The fourth-order valence-electron chi connectivity index (χ4n) is 2.73. The van der Waals surface area contributed by atoms with E-state index in [1.165, 1.54) is 24.8 Å². The number of aliphatic hydroxyl groups is 1. The number of hydrogen-bond donors (Lipinski definition) is 2. The zero-order valence-electron chi connectivity index (χ0n) is 10.7. The molecule has 1 fully saturated rings. The van der Waals surface area contributed by atoms with E-state index >= 15 is 0 Å². The largest absolute Gasteiger partial charge is 0.396 e. The van der Waals surface area contributed by atoms with E-state index in [-0.39, 0.29) is 5.41 Å². The average Bonchev–Trinajstić information content (AvgIpc) is 2.76. The van der Waals surface area contributed by atoms with Crippen LogP contribution in [-0.2, 0) is 13.6 Å². The Labute approximate surface area is 103 Å². The molecule has 1 aliphatic carbocycles. The van der Waals surface area contributed by atoms with Crippen molar-refractivity contribution in [2.24, 2.45) is 12.5 Å². The Morgan fingerprint density at radius 2 is 2.18 bits per heavy atom. The molecule has 0 spiro atoms. The van der Waals surface area contributed by atoms with Gasteiger partial charge in [0.2, 0.25) is 0 Å². The molecule has 0 unspecified atom stereocenters. The zero-order valence-corrected chi connectivity index (χ0v) is 10.7. The van der Waals surface area contributed by atoms with Crippen molar-refractivity contribution in [1.82, 2.24) is 15.1 Å². The Kier molecular flexibility index (Phi) is 4.18. The van der Waals surface area contributed by atoms with E-state index in [1.807, 2.05) is 24.1 Å². The number of aryl methyl sites for hydroxylation is 1. The first-order valence-corrected chi connectivity index (χ1v) is 6.53. The molecule has 0 atom stereocenters. The predicted octanol–water partition coefficient (Wildman–Crippen LogP) is 1.45. The Morgan fingerprint density at radius 3 is 2.76 bits per heavy atom. The van der Waals surface area contributed by atoms with Crippen molar-refractivity contribution in [1.29, 1.82) is 0 Å². The van der Waals surface area contributed by atoms with E-state index in [2.05, 4.69) is 10.4 Å². The quantitative estimate of drug-likeness (QED) is 0.815. The highest BCUT2D eigenvalue weighted by Gasteiger charge is 2.30. The molecular formula is C13H23N3O. The topological polar surface area (TPSA) is 50.1 Å². The van der Waals surface area contributed by atoms with Gasteiger partial charge in [-0.25, -0.2) is 0 Å². The Bertz CT molecular complexity index is 342. The van der Waals surface area contributed by atoms with Crippen LogP contribution in [0.4, 0.5) is 0 Å². The van der Waals surface area contributed by atoms with Crippen LogP contribution in [0.15, 0.2) is 12.4 Å². The van der Waals surface area contributed by atoms with Gasteiger partial charge in [-0.1, -0.05) is 19.3 Å². The van der Waals surface area contributed by atoms with Crippen LogP contribution in [0.2, 0.25) is 0 Å². The summed E-state index contributed by atoms with van der Waals surface area (Å²) in [6.45, 7) is 2.07. The molecule has 4 nitrogen and oxygen atoms in total. The lowest BCUT2D eigenvalue weighted by Crippen LogP contribution is -2.38. The average molecular weight is 237 g/mol. The smallest absolute Gasteiger partial charge is 0.0534 e. The molecule has 2 rings (SSSR count). The van der Waals surface area contributed by atoms with Gasteiger partial charge in [0.05, 0.1) is 6.20 Å². The van der Waals surface area contributed by atoms with Crippen molar-refractivity contribution in [3.63, 3.8) is 0 Å². The Morgan fingerprint density at radius 1 is 1.41 bits per heavy atom. The van der Waals surface area contributed by atoms with E-state index in [9.17, 15) is 5.11 Å². The normalized spacial score (nSPS) is 19.4. The first-order valence-electron chi connectivity index (χ1n) is 6.53. The maximum atomic E-state index is 9.59. The zero-order chi connectivity index (χ0) is 12.1. The molecular weight excluding hydrogens is 214 g/mol. The van der Waals surface area contributed by atoms with Crippen molar-refractivity contribution in [2.45, 2.75) is 38.6 Å². The van der Waals surface area contributed by atoms with Crippen LogP contribution in [0.3, 0.4) is 0 Å². The highest BCUT2D eigenvalue weighted by atomic mass is 16.3. The van der Waals surface area contributed by atoms with Crippen LogP contribution in [0, 0.1) is 5.41 Å². The fraction of sp³-hybridized carbons (Fsp3) is 0.769. The molecule has 1 heterocycles. The Hall–Kier alpha value is -0.870. The molecule has 0 aromatic carbocycles. The molecule has 0 radical (unpaired) electrons. The minimum absolute atomic E-state index is 0.125. The van der Waals surface area contributed by atoms with Crippen LogP contribution < -0.4 is 5.32 Å². The van der Waals surface area contributed by atoms with Gasteiger partial charge in [-0.2, -0.15) is 5.10 Å². The molecule has 0 amide bonds. The van der Waals surface area contributed by atoms with Crippen molar-refractivity contribution in [3.8, 4) is 0 Å². The monoisotopic (exact) mass is 237 g/mol. The number of hydrogen-bond acceptors (Lipinski definition) is 3. The minimum Gasteiger partial charge on any atom is -0.396 e. The maximum absolute atomic E-state index is 9.59. The molecule has 17 heavy (non-hydrogen) atoms. The summed E-state index contributed by atoms with van der Waals surface area (Å²) in [4.78, 5) is 0. The number of aliphatic hydroxyl groups excluding tert-OH is 1. The third-order valence-electron chi connectivity index (χ3n) is 3.84. The van der Waals surface area contributed by atoms with Crippen LogP contribution in [0.1, 0.15) is 37.7 Å². The van der Waals surface area contributed by atoms with Gasteiger partial charge in [0.1, 0.15) is 0 Å². The molecule has 2 N–H and O–H groups in total. The van der Waals surface area contributed by atoms with E-state index in [1.54, 1.807) is 0 Å². The van der Waals surface area contributed by atoms with Crippen molar-refractivity contribution in [2.75, 3.05) is 13.2 Å². The fourth-order valence-corrected chi connectivity index (χ4v) is 2.73. The molecule has 0 saturated heterocycles. The van der Waals surface area contributed by atoms with Gasteiger partial charge in [-0.15, -0.1) is 0 Å². The molecule has 1 aromatic rings. The van der Waals surface area contributed by atoms with Crippen LogP contribution in [0.5, 0.6) is 0 Å². The third-order valence-corrected chi connectivity index (χ3v) is 3.84. The second-order valence-electron chi connectivity index (χ2n) is 5.34. The summed E-state index contributed by atoms with van der Waals surface area (Å²) in [5, 5.41) is 17.2. The van der Waals surface area contributed by atoms with E-state index in [4.69, 9.17) is 0 Å². The van der Waals surface area contributed by atoms with Crippen LogP contribution in [-0.4, -0.2) is 28.0 Å². The lowest BCUT2D eigenvalue weighted by atomic mass is 9.74. The van der Waals surface area contributed by atoms with Crippen molar-refractivity contribution < 1.29 is 5.11 Å². The first kappa shape index (κ1) is 12.6. The summed E-state index contributed by atoms with van der Waals surface area (Å²) in [5.74, 6) is 0. The van der Waals surface area contributed by atoms with Gasteiger partial charge >= 0.3 is 0 Å². The third kappa shape index (κ3) is 3.30. The molecule has 1 aromatic heterocycles. The predicted molar refractivity (Wildman–Crippen MR) is 67.5 cm³/mol. The maximum Gasteiger partial charge on any atom is 0.0534 e. The summed E-state index contributed by atoms with van der Waals surface area (Å²) in [6, 6.07) is 0. The summed E-state index contributed by atoms with van der Waals surface area (Å²) in [5.41, 5.74) is 1.33. The minimum atomic E-state index is 0.125. The molecule has 4 heteroatoms. The van der Waals surface area contributed by atoms with Crippen molar-refractivity contribution >= 4 is 0 Å². The summed E-state index contributed by atoms with van der Waals surface area (Å²) in [7, 11) is 1.93. The van der Waals surface area contributed by atoms with Gasteiger partial charge in [-0.3, -0.25) is 4.68 Å². The number of nitrogens with one attached hydrogen (secondary N) is 1. The Balaban J connectivity index is 1.79. The summed E-state index contributed by atoms with van der Waals surface area (Å²) >= 11 is 0. The van der Waals surface area contributed by atoms with Gasteiger partial charge in [0, 0.05) is 43.9 Å². The van der Waals surface area contributed by atoms with Gasteiger partial charge < -0.3 is 10.4 Å². The number of nitrogens with zero attached hydrogens (tertiary/aromatic N) is 2. The van der Waals surface area contributed by atoms with Crippen molar-refractivity contribution in [3.05, 3.63) is 18.0 Å². The van der Waals surface area contributed by atoms with Gasteiger partial charge in [-0.05, 0) is 12.8 Å². The summed E-state index contributed by atoms with van der Waals surface area (Å²) < 4.78 is 1.82. The molecule has 0 aliphatic heterocycles. The highest BCUT2D eigenvalue weighted by molar-refractivity contribution is 5.03. The van der Waals surface area contributed by atoms with E-state index in [0.29, 0.717) is 6.61 Å². The summed E-state index contributed by atoms with van der Waals surface area (Å²) in [6.07, 6.45) is 10.1. The molecule has 96 valence electrons. The van der Waals surface area contributed by atoms with Gasteiger partial charge in [0.25, 0.3) is 0 Å². The number of rotatable bonds is 5. The SMILES string of the molecule is Cn1cc(CNCC2(CO)CCCCC2)cn1. The molecule has 1 saturated carbocycles. The van der Waals surface area contributed by atoms with E-state index in [0.717, 1.165) is 25.9 Å². The lowest BCUT2D eigenvalue weighted by Gasteiger charge is -2.35. The van der Waals surface area contributed by atoms with Crippen LogP contribution in [0.25, 0.3) is 0 Å². The highest BCUT2D eigenvalue weighted by Crippen LogP contribution is 2.35.